The van der Waals surface area contributed by atoms with Crippen LogP contribution in [0, 0.1) is 5.41 Å². The number of hydroxylamine groups is 2. The van der Waals surface area contributed by atoms with Crippen molar-refractivity contribution in [3.8, 4) is 11.5 Å². The van der Waals surface area contributed by atoms with Gasteiger partial charge >= 0.3 is 0 Å². The van der Waals surface area contributed by atoms with Gasteiger partial charge in [0.2, 0.25) is 0 Å². The second-order valence-corrected chi connectivity index (χ2v) is 6.75. The Morgan fingerprint density at radius 1 is 1.03 bits per heavy atom. The van der Waals surface area contributed by atoms with Crippen LogP contribution in [0.4, 0.5) is 0 Å². The second-order valence-electron chi connectivity index (χ2n) is 6.75. The summed E-state index contributed by atoms with van der Waals surface area (Å²) in [4.78, 5) is 21.7. The van der Waals surface area contributed by atoms with Crippen LogP contribution in [0.15, 0.2) is 77.0 Å². The van der Waals surface area contributed by atoms with E-state index < -0.39 is 5.91 Å². The molecular weight excluding hydrogens is 382 g/mol. The number of ether oxygens (including phenoxy) is 2. The van der Waals surface area contributed by atoms with Crippen LogP contribution in [0.5, 0.6) is 11.5 Å². The fourth-order valence-electron chi connectivity index (χ4n) is 2.98. The summed E-state index contributed by atoms with van der Waals surface area (Å²) in [5.74, 6) is 2.00. The number of aliphatic imine (C=N–C) groups is 1. The van der Waals surface area contributed by atoms with Gasteiger partial charge < -0.3 is 14.3 Å². The molecule has 0 saturated carbocycles. The van der Waals surface area contributed by atoms with Gasteiger partial charge in [0.15, 0.2) is 11.7 Å². The van der Waals surface area contributed by atoms with Crippen molar-refractivity contribution >= 4 is 23.7 Å². The Hall–Kier alpha value is -3.87. The second kappa shape index (κ2) is 8.65. The Morgan fingerprint density at radius 2 is 1.70 bits per heavy atom. The maximum absolute atomic E-state index is 12.3. The van der Waals surface area contributed by atoms with Crippen molar-refractivity contribution in [2.45, 2.75) is 13.3 Å². The van der Waals surface area contributed by atoms with E-state index in [1.165, 1.54) is 5.06 Å². The third-order valence-electron chi connectivity index (χ3n) is 4.44. The van der Waals surface area contributed by atoms with Gasteiger partial charge in [-0.2, -0.15) is 4.99 Å². The van der Waals surface area contributed by atoms with Crippen molar-refractivity contribution in [3.63, 3.8) is 0 Å². The lowest BCUT2D eigenvalue weighted by atomic mass is 10.1. The van der Waals surface area contributed by atoms with E-state index in [9.17, 15) is 4.79 Å². The van der Waals surface area contributed by atoms with E-state index in [-0.39, 0.29) is 11.4 Å². The van der Waals surface area contributed by atoms with Crippen molar-refractivity contribution in [2.75, 3.05) is 13.2 Å². The highest BCUT2D eigenvalue weighted by Crippen LogP contribution is 2.24. The number of rotatable bonds is 7. The van der Waals surface area contributed by atoms with Gasteiger partial charge in [-0.3, -0.25) is 10.2 Å². The summed E-state index contributed by atoms with van der Waals surface area (Å²) < 4.78 is 11.4. The minimum atomic E-state index is -0.459. The number of carbonyl (C=O) groups is 1. The summed E-state index contributed by atoms with van der Waals surface area (Å²) in [6.07, 6.45) is 4.01. The van der Waals surface area contributed by atoms with E-state index in [2.05, 4.69) is 4.99 Å². The van der Waals surface area contributed by atoms with Crippen LogP contribution in [0.3, 0.4) is 0 Å². The van der Waals surface area contributed by atoms with Crippen LogP contribution < -0.4 is 9.47 Å². The SMILES string of the molecule is CC1=CC2=NC(=O)/C(=C\c3ccc(OCCCOc4ccccc4)cc3)C(=N)N2O1. The number of hydrogen-bond acceptors (Lipinski definition) is 5. The molecule has 1 N–H and O–H groups in total. The zero-order chi connectivity index (χ0) is 20.9. The number of carbonyl (C=O) groups excluding carboxylic acids is 1. The third-order valence-corrected chi connectivity index (χ3v) is 4.44. The van der Waals surface area contributed by atoms with Crippen LogP contribution in [-0.4, -0.2) is 35.9 Å². The molecule has 0 aliphatic carbocycles. The molecule has 2 aliphatic heterocycles. The largest absolute Gasteiger partial charge is 0.493 e. The molecule has 30 heavy (non-hydrogen) atoms. The summed E-state index contributed by atoms with van der Waals surface area (Å²) in [7, 11) is 0. The molecule has 0 saturated heterocycles. The van der Waals surface area contributed by atoms with Crippen molar-refractivity contribution < 1.29 is 19.1 Å². The first-order valence-electron chi connectivity index (χ1n) is 9.61. The first kappa shape index (κ1) is 19.4. The topological polar surface area (TPSA) is 84.2 Å². The molecule has 0 aromatic heterocycles. The van der Waals surface area contributed by atoms with Gasteiger partial charge in [0.25, 0.3) is 5.91 Å². The highest BCUT2D eigenvalue weighted by atomic mass is 16.7. The number of allylic oxidation sites excluding steroid dienone is 1. The van der Waals surface area contributed by atoms with Gasteiger partial charge in [0.05, 0.1) is 18.8 Å². The van der Waals surface area contributed by atoms with E-state index in [4.69, 9.17) is 19.7 Å². The van der Waals surface area contributed by atoms with Crippen molar-refractivity contribution in [1.29, 1.82) is 5.41 Å². The predicted octanol–water partition coefficient (Wildman–Crippen LogP) is 3.98. The maximum atomic E-state index is 12.3. The van der Waals surface area contributed by atoms with Gasteiger partial charge in [-0.25, -0.2) is 0 Å². The van der Waals surface area contributed by atoms with E-state index in [0.717, 1.165) is 23.5 Å². The normalized spacial score (nSPS) is 16.7. The number of benzene rings is 2. The summed E-state index contributed by atoms with van der Waals surface area (Å²) >= 11 is 0. The molecule has 152 valence electrons. The fourth-order valence-corrected chi connectivity index (χ4v) is 2.98. The van der Waals surface area contributed by atoms with Gasteiger partial charge in [-0.05, 0) is 42.8 Å². The molecule has 0 bridgehead atoms. The summed E-state index contributed by atoms with van der Waals surface area (Å²) in [5.41, 5.74) is 0.943. The predicted molar refractivity (Wildman–Crippen MR) is 113 cm³/mol. The zero-order valence-electron chi connectivity index (χ0n) is 16.5. The van der Waals surface area contributed by atoms with Crippen molar-refractivity contribution in [1.82, 2.24) is 5.06 Å². The Morgan fingerprint density at radius 3 is 2.40 bits per heavy atom. The van der Waals surface area contributed by atoms with Crippen molar-refractivity contribution in [2.24, 2.45) is 4.99 Å². The molecular formula is C23H21N3O4. The number of nitrogens with one attached hydrogen (secondary N) is 1. The lowest BCUT2D eigenvalue weighted by molar-refractivity contribution is -0.114. The molecule has 2 heterocycles. The Balaban J connectivity index is 1.30. The molecule has 2 aliphatic rings. The highest BCUT2D eigenvalue weighted by molar-refractivity contribution is 6.32. The lowest BCUT2D eigenvalue weighted by Gasteiger charge is -2.22. The molecule has 0 unspecified atom stereocenters. The first-order valence-corrected chi connectivity index (χ1v) is 9.61. The molecule has 0 radical (unpaired) electrons. The highest BCUT2D eigenvalue weighted by Gasteiger charge is 2.34. The summed E-state index contributed by atoms with van der Waals surface area (Å²) in [5, 5.41) is 9.49. The minimum Gasteiger partial charge on any atom is -0.493 e. The molecule has 0 atom stereocenters. The van der Waals surface area contributed by atoms with Gasteiger partial charge in [-0.15, -0.1) is 5.06 Å². The number of nitrogens with zero attached hydrogens (tertiary/aromatic N) is 2. The monoisotopic (exact) mass is 403 g/mol. The molecule has 7 nitrogen and oxygen atoms in total. The summed E-state index contributed by atoms with van der Waals surface area (Å²) in [6.45, 7) is 2.86. The van der Waals surface area contributed by atoms with E-state index in [0.29, 0.717) is 24.8 Å². The van der Waals surface area contributed by atoms with Crippen LogP contribution in [0.2, 0.25) is 0 Å². The average molecular weight is 403 g/mol. The maximum Gasteiger partial charge on any atom is 0.282 e. The molecule has 1 amide bonds. The van der Waals surface area contributed by atoms with Gasteiger partial charge in [-0.1, -0.05) is 30.3 Å². The van der Waals surface area contributed by atoms with E-state index >= 15 is 0 Å². The van der Waals surface area contributed by atoms with Gasteiger partial charge in [0, 0.05) is 12.5 Å². The Kier molecular flexibility index (Phi) is 5.61. The number of para-hydroxylation sites is 1. The average Bonchev–Trinajstić information content (AvgIpc) is 3.13. The van der Waals surface area contributed by atoms with E-state index in [1.54, 1.807) is 19.1 Å². The number of fused-ring (bicyclic) bond motifs is 1. The van der Waals surface area contributed by atoms with Crippen LogP contribution >= 0.6 is 0 Å². The molecule has 7 heteroatoms. The smallest absolute Gasteiger partial charge is 0.282 e. The van der Waals surface area contributed by atoms with Crippen LogP contribution in [-0.2, 0) is 9.63 Å². The van der Waals surface area contributed by atoms with Gasteiger partial charge in [0.1, 0.15) is 17.3 Å². The molecule has 0 fully saturated rings. The molecule has 4 rings (SSSR count). The quantitative estimate of drug-likeness (QED) is 0.558. The number of amides is 1. The number of hydrogen-bond donors (Lipinski definition) is 1. The molecule has 2 aromatic rings. The van der Waals surface area contributed by atoms with E-state index in [1.807, 2.05) is 54.6 Å². The summed E-state index contributed by atoms with van der Waals surface area (Å²) in [6, 6.07) is 17.0. The third kappa shape index (κ3) is 4.41. The van der Waals surface area contributed by atoms with Crippen LogP contribution in [0.25, 0.3) is 6.08 Å². The minimum absolute atomic E-state index is 0.0307. The number of amidine groups is 2. The standard InChI is InChI=1S/C23H21N3O4/c1-16-14-21-25-23(27)20(22(24)26(21)30-16)15-17-8-10-19(11-9-17)29-13-5-12-28-18-6-3-2-4-7-18/h2-4,6-11,14-15,24H,5,12-13H2,1H3/b20-15-,24-22?. The zero-order valence-corrected chi connectivity index (χ0v) is 16.5. The Bertz CT molecular complexity index is 1040. The molecule has 2 aromatic carbocycles. The van der Waals surface area contributed by atoms with Crippen LogP contribution in [0.1, 0.15) is 18.9 Å². The molecule has 0 spiro atoms. The lowest BCUT2D eigenvalue weighted by Crippen LogP contribution is -2.38. The fraction of sp³-hybridized carbons (Fsp3) is 0.174. The van der Waals surface area contributed by atoms with Crippen molar-refractivity contribution in [3.05, 3.63) is 77.6 Å². The Labute approximate surface area is 174 Å². The first-order chi connectivity index (χ1) is 14.6.